The zero-order valence-corrected chi connectivity index (χ0v) is 19.5. The molecule has 1 saturated heterocycles. The standard InChI is InChI=1S/C22H29FN10O/c1-4-9-26-20-18(30-24)6-5-16(27-20)14-7-11-33-19(14)21(25-3)29-22(31-33)28-17-8-10-32(13(2)34)12-15(17)23/h5-7,11,15,17,24H,4,8-10,12H2,1-3H3,(H,26,27)(H2,25,28,29,31)/t15-,17+/m1/s1. The van der Waals surface area contributed by atoms with Gasteiger partial charge in [0.25, 0.3) is 0 Å². The summed E-state index contributed by atoms with van der Waals surface area (Å²) in [6.45, 7) is 4.77. The third-order valence-corrected chi connectivity index (χ3v) is 5.86. The highest BCUT2D eigenvalue weighted by atomic mass is 19.1. The first-order valence-corrected chi connectivity index (χ1v) is 11.3. The molecule has 0 spiro atoms. The minimum Gasteiger partial charge on any atom is -0.371 e. The summed E-state index contributed by atoms with van der Waals surface area (Å²) in [6.07, 6.45) is 1.97. The number of piperidine rings is 1. The van der Waals surface area contributed by atoms with Gasteiger partial charge in [0, 0.05) is 38.8 Å². The van der Waals surface area contributed by atoms with Gasteiger partial charge in [-0.25, -0.2) is 19.4 Å². The zero-order chi connectivity index (χ0) is 24.2. The number of halogens is 1. The second-order valence-electron chi connectivity index (χ2n) is 8.18. The third-order valence-electron chi connectivity index (χ3n) is 5.86. The molecule has 4 N–H and O–H groups in total. The van der Waals surface area contributed by atoms with Crippen molar-refractivity contribution in [1.29, 1.82) is 5.53 Å². The number of nitrogens with zero attached hydrogens (tertiary/aromatic N) is 6. The Kier molecular flexibility index (Phi) is 6.85. The van der Waals surface area contributed by atoms with Gasteiger partial charge in [-0.15, -0.1) is 5.10 Å². The molecule has 4 heterocycles. The number of likely N-dealkylation sites (tertiary alicyclic amines) is 1. The lowest BCUT2D eigenvalue weighted by atomic mass is 10.0. The van der Waals surface area contributed by atoms with Crippen LogP contribution < -0.4 is 16.0 Å². The predicted octanol–water partition coefficient (Wildman–Crippen LogP) is 3.69. The van der Waals surface area contributed by atoms with Gasteiger partial charge >= 0.3 is 0 Å². The summed E-state index contributed by atoms with van der Waals surface area (Å²) in [7, 11) is 1.76. The van der Waals surface area contributed by atoms with Crippen molar-refractivity contribution < 1.29 is 9.18 Å². The average Bonchev–Trinajstić information content (AvgIpc) is 3.27. The van der Waals surface area contributed by atoms with E-state index in [-0.39, 0.29) is 12.5 Å². The van der Waals surface area contributed by atoms with E-state index < -0.39 is 12.2 Å². The molecule has 4 rings (SSSR count). The molecule has 1 fully saturated rings. The quantitative estimate of drug-likeness (QED) is 0.370. The second kappa shape index (κ2) is 9.98. The van der Waals surface area contributed by atoms with E-state index in [0.717, 1.165) is 24.0 Å². The highest BCUT2D eigenvalue weighted by molar-refractivity contribution is 5.88. The van der Waals surface area contributed by atoms with Crippen LogP contribution in [0.25, 0.3) is 16.8 Å². The smallest absolute Gasteiger partial charge is 0.243 e. The summed E-state index contributed by atoms with van der Waals surface area (Å²) in [5.41, 5.74) is 10.1. The summed E-state index contributed by atoms with van der Waals surface area (Å²) in [6, 6.07) is 4.97. The van der Waals surface area contributed by atoms with Crippen LogP contribution in [-0.2, 0) is 4.79 Å². The number of pyridine rings is 1. The summed E-state index contributed by atoms with van der Waals surface area (Å²) >= 11 is 0. The normalized spacial score (nSPS) is 18.1. The monoisotopic (exact) mass is 468 g/mol. The van der Waals surface area contributed by atoms with E-state index in [0.29, 0.717) is 41.9 Å². The summed E-state index contributed by atoms with van der Waals surface area (Å²) in [4.78, 5) is 22.3. The van der Waals surface area contributed by atoms with Gasteiger partial charge in [0.2, 0.25) is 11.9 Å². The molecule has 1 aliphatic heterocycles. The number of hydrogen-bond acceptors (Lipinski definition) is 9. The van der Waals surface area contributed by atoms with Crippen LogP contribution in [0.2, 0.25) is 0 Å². The number of carbonyl (C=O) groups excluding carboxylic acids is 1. The number of anilines is 3. The molecule has 1 amide bonds. The summed E-state index contributed by atoms with van der Waals surface area (Å²) in [5.74, 6) is 1.28. The summed E-state index contributed by atoms with van der Waals surface area (Å²) in [5, 5.41) is 17.5. The Hall–Kier alpha value is -3.83. The molecule has 0 bridgehead atoms. The molecule has 3 aromatic rings. The van der Waals surface area contributed by atoms with E-state index >= 15 is 0 Å². The average molecular weight is 469 g/mol. The number of rotatable bonds is 8. The fourth-order valence-corrected chi connectivity index (χ4v) is 4.05. The van der Waals surface area contributed by atoms with E-state index in [9.17, 15) is 9.18 Å². The number of amides is 1. The second-order valence-corrected chi connectivity index (χ2v) is 8.18. The van der Waals surface area contributed by atoms with E-state index in [1.165, 1.54) is 11.8 Å². The predicted molar refractivity (Wildman–Crippen MR) is 129 cm³/mol. The Labute approximate surface area is 196 Å². The lowest BCUT2D eigenvalue weighted by Gasteiger charge is -2.34. The van der Waals surface area contributed by atoms with Crippen LogP contribution in [-0.4, -0.2) is 69.3 Å². The lowest BCUT2D eigenvalue weighted by Crippen LogP contribution is -2.49. The SMILES string of the molecule is CCCNc1nc(-c2ccn3nc(N[C@H]4CCN(C(C)=O)C[C@H]4F)nc(NC)c23)ccc1N=N. The topological polar surface area (TPSA) is 136 Å². The van der Waals surface area contributed by atoms with Gasteiger partial charge < -0.3 is 20.9 Å². The van der Waals surface area contributed by atoms with Gasteiger partial charge in [-0.3, -0.25) is 4.79 Å². The van der Waals surface area contributed by atoms with Gasteiger partial charge in [0.1, 0.15) is 17.4 Å². The van der Waals surface area contributed by atoms with Gasteiger partial charge in [0.05, 0.1) is 18.3 Å². The minimum absolute atomic E-state index is 0.0580. The molecule has 0 radical (unpaired) electrons. The molecule has 11 nitrogen and oxygen atoms in total. The molecular formula is C22H29FN10O. The molecule has 0 aromatic carbocycles. The number of alkyl halides is 1. The van der Waals surface area contributed by atoms with Crippen LogP contribution in [0.5, 0.6) is 0 Å². The van der Waals surface area contributed by atoms with E-state index in [2.05, 4.69) is 43.1 Å². The molecule has 3 aromatic heterocycles. The Bertz CT molecular complexity index is 1200. The van der Waals surface area contributed by atoms with Crippen molar-refractivity contribution in [2.75, 3.05) is 42.6 Å². The molecule has 0 unspecified atom stereocenters. The maximum absolute atomic E-state index is 14.7. The maximum Gasteiger partial charge on any atom is 0.243 e. The molecular weight excluding hydrogens is 439 g/mol. The highest BCUT2D eigenvalue weighted by Crippen LogP contribution is 2.33. The molecule has 34 heavy (non-hydrogen) atoms. The number of nitrogens with one attached hydrogen (secondary N) is 4. The lowest BCUT2D eigenvalue weighted by molar-refractivity contribution is -0.131. The molecule has 0 aliphatic carbocycles. The van der Waals surface area contributed by atoms with Crippen LogP contribution >= 0.6 is 0 Å². The van der Waals surface area contributed by atoms with Crippen molar-refractivity contribution in [2.45, 2.75) is 38.9 Å². The van der Waals surface area contributed by atoms with E-state index in [4.69, 9.17) is 5.53 Å². The largest absolute Gasteiger partial charge is 0.371 e. The Morgan fingerprint density at radius 1 is 1.29 bits per heavy atom. The first-order valence-electron chi connectivity index (χ1n) is 11.3. The third kappa shape index (κ3) is 4.61. The first kappa shape index (κ1) is 23.3. The van der Waals surface area contributed by atoms with Crippen LogP contribution in [0.15, 0.2) is 29.5 Å². The maximum atomic E-state index is 14.7. The number of hydrogen-bond donors (Lipinski definition) is 4. The first-order chi connectivity index (χ1) is 16.4. The van der Waals surface area contributed by atoms with E-state index in [1.807, 2.05) is 12.1 Å². The van der Waals surface area contributed by atoms with Gasteiger partial charge in [-0.1, -0.05) is 6.92 Å². The van der Waals surface area contributed by atoms with Crippen molar-refractivity contribution >= 4 is 34.7 Å². The Balaban J connectivity index is 1.64. The number of carbonyl (C=O) groups is 1. The summed E-state index contributed by atoms with van der Waals surface area (Å²) < 4.78 is 16.4. The van der Waals surface area contributed by atoms with Gasteiger partial charge in [-0.05, 0) is 31.0 Å². The van der Waals surface area contributed by atoms with Crippen LogP contribution in [0.1, 0.15) is 26.7 Å². The number of aromatic nitrogens is 4. The Morgan fingerprint density at radius 3 is 2.79 bits per heavy atom. The van der Waals surface area contributed by atoms with Crippen LogP contribution in [0.4, 0.5) is 27.7 Å². The fraction of sp³-hybridized carbons (Fsp3) is 0.455. The van der Waals surface area contributed by atoms with E-state index in [1.54, 1.807) is 23.8 Å². The molecule has 0 saturated carbocycles. The van der Waals surface area contributed by atoms with Crippen molar-refractivity contribution in [3.8, 4) is 11.3 Å². The van der Waals surface area contributed by atoms with Crippen molar-refractivity contribution in [3.05, 3.63) is 24.4 Å². The number of fused-ring (bicyclic) bond motifs is 1. The van der Waals surface area contributed by atoms with Crippen molar-refractivity contribution in [1.82, 2.24) is 24.5 Å². The van der Waals surface area contributed by atoms with Gasteiger partial charge in [-0.2, -0.15) is 10.1 Å². The van der Waals surface area contributed by atoms with Crippen LogP contribution in [0.3, 0.4) is 0 Å². The molecule has 1 aliphatic rings. The molecule has 180 valence electrons. The highest BCUT2D eigenvalue weighted by Gasteiger charge is 2.31. The zero-order valence-electron chi connectivity index (χ0n) is 19.5. The van der Waals surface area contributed by atoms with Gasteiger partial charge in [0.15, 0.2) is 11.6 Å². The Morgan fingerprint density at radius 2 is 2.12 bits per heavy atom. The molecule has 12 heteroatoms. The van der Waals surface area contributed by atoms with Crippen molar-refractivity contribution in [2.24, 2.45) is 5.11 Å². The molecule has 2 atom stereocenters. The van der Waals surface area contributed by atoms with Crippen molar-refractivity contribution in [3.63, 3.8) is 0 Å². The van der Waals surface area contributed by atoms with Crippen LogP contribution in [0, 0.1) is 5.53 Å². The fourth-order valence-electron chi connectivity index (χ4n) is 4.05. The minimum atomic E-state index is -1.21.